The summed E-state index contributed by atoms with van der Waals surface area (Å²) >= 11 is 1.16. The molecule has 0 saturated carbocycles. The number of H-pyrrole nitrogens is 1. The zero-order valence-corrected chi connectivity index (χ0v) is 13.6. The summed E-state index contributed by atoms with van der Waals surface area (Å²) in [6.07, 6.45) is -1.47. The van der Waals surface area contributed by atoms with E-state index in [-0.39, 0.29) is 5.12 Å². The Labute approximate surface area is 138 Å². The molecule has 23 heavy (non-hydrogen) atoms. The normalized spacial score (nSPS) is 14.2. The zero-order valence-electron chi connectivity index (χ0n) is 12.8. The number of carbonyl (C=O) groups is 1. The molecule has 3 N–H and O–H groups in total. The van der Waals surface area contributed by atoms with Crippen molar-refractivity contribution in [1.29, 1.82) is 0 Å². The van der Waals surface area contributed by atoms with Crippen molar-refractivity contribution in [2.75, 3.05) is 5.75 Å². The van der Waals surface area contributed by atoms with Gasteiger partial charge in [0.2, 0.25) is 0 Å². The Morgan fingerprint density at radius 2 is 1.87 bits per heavy atom. The summed E-state index contributed by atoms with van der Waals surface area (Å²) in [5.74, 6) is 0.503. The molecule has 1 heterocycles. The van der Waals surface area contributed by atoms with E-state index in [9.17, 15) is 15.0 Å². The van der Waals surface area contributed by atoms with Crippen LogP contribution in [0.3, 0.4) is 0 Å². The Morgan fingerprint density at radius 1 is 1.13 bits per heavy atom. The SMILES string of the molecule is CC(=O)SCCC(O)C(O)c1ccc2[nH]c3ccccc3c2c1. The minimum atomic E-state index is -0.958. The van der Waals surface area contributed by atoms with Crippen LogP contribution in [0.4, 0.5) is 0 Å². The fourth-order valence-electron chi connectivity index (χ4n) is 2.75. The maximum absolute atomic E-state index is 10.9. The van der Waals surface area contributed by atoms with Gasteiger partial charge in [-0.2, -0.15) is 0 Å². The van der Waals surface area contributed by atoms with Crippen molar-refractivity contribution in [2.45, 2.75) is 25.6 Å². The van der Waals surface area contributed by atoms with Crippen LogP contribution in [-0.4, -0.2) is 32.2 Å². The monoisotopic (exact) mass is 329 g/mol. The highest BCUT2D eigenvalue weighted by molar-refractivity contribution is 8.13. The summed E-state index contributed by atoms with van der Waals surface area (Å²) < 4.78 is 0. The van der Waals surface area contributed by atoms with Gasteiger partial charge >= 0.3 is 0 Å². The molecule has 0 saturated heterocycles. The van der Waals surface area contributed by atoms with Crippen molar-refractivity contribution < 1.29 is 15.0 Å². The lowest BCUT2D eigenvalue weighted by Gasteiger charge is -2.18. The van der Waals surface area contributed by atoms with E-state index in [0.29, 0.717) is 17.7 Å². The maximum atomic E-state index is 10.9. The Balaban J connectivity index is 1.84. The second-order valence-electron chi connectivity index (χ2n) is 5.62. The molecule has 120 valence electrons. The molecule has 5 heteroatoms. The average molecular weight is 329 g/mol. The summed E-state index contributed by atoms with van der Waals surface area (Å²) in [6.45, 7) is 1.50. The van der Waals surface area contributed by atoms with Crippen molar-refractivity contribution in [3.63, 3.8) is 0 Å². The van der Waals surface area contributed by atoms with Gasteiger partial charge < -0.3 is 15.2 Å². The van der Waals surface area contributed by atoms with Crippen LogP contribution in [0.1, 0.15) is 25.0 Å². The van der Waals surface area contributed by atoms with E-state index in [1.807, 2.05) is 42.5 Å². The second-order valence-corrected chi connectivity index (χ2v) is 6.89. The summed E-state index contributed by atoms with van der Waals surface area (Å²) in [5.41, 5.74) is 2.74. The number of aromatic amines is 1. The van der Waals surface area contributed by atoms with E-state index in [2.05, 4.69) is 4.98 Å². The van der Waals surface area contributed by atoms with Gasteiger partial charge in [0, 0.05) is 34.5 Å². The predicted molar refractivity (Wildman–Crippen MR) is 94.5 cm³/mol. The Kier molecular flexibility index (Phi) is 4.71. The molecule has 0 fully saturated rings. The molecular formula is C18H19NO3S. The van der Waals surface area contributed by atoms with E-state index >= 15 is 0 Å². The van der Waals surface area contributed by atoms with Crippen molar-refractivity contribution in [2.24, 2.45) is 0 Å². The molecular weight excluding hydrogens is 310 g/mol. The summed E-state index contributed by atoms with van der Waals surface area (Å²) in [4.78, 5) is 14.3. The number of benzene rings is 2. The van der Waals surface area contributed by atoms with Crippen LogP contribution in [-0.2, 0) is 4.79 Å². The van der Waals surface area contributed by atoms with Crippen LogP contribution < -0.4 is 0 Å². The number of rotatable bonds is 5. The van der Waals surface area contributed by atoms with E-state index in [4.69, 9.17) is 0 Å². The summed E-state index contributed by atoms with van der Waals surface area (Å²) in [5, 5.41) is 22.7. The third-order valence-electron chi connectivity index (χ3n) is 3.96. The number of aromatic nitrogens is 1. The van der Waals surface area contributed by atoms with Gasteiger partial charge in [-0.05, 0) is 30.2 Å². The Morgan fingerprint density at radius 3 is 2.65 bits per heavy atom. The molecule has 0 aliphatic heterocycles. The van der Waals surface area contributed by atoms with Crippen molar-refractivity contribution in [1.82, 2.24) is 4.98 Å². The van der Waals surface area contributed by atoms with Crippen molar-refractivity contribution in [3.05, 3.63) is 48.0 Å². The van der Waals surface area contributed by atoms with Crippen LogP contribution in [0.15, 0.2) is 42.5 Å². The van der Waals surface area contributed by atoms with E-state index in [1.54, 1.807) is 0 Å². The molecule has 0 aliphatic carbocycles. The minimum absolute atomic E-state index is 0.0203. The number of thioether (sulfide) groups is 1. The first-order chi connectivity index (χ1) is 11.1. The van der Waals surface area contributed by atoms with Gasteiger partial charge in [-0.15, -0.1) is 0 Å². The molecule has 1 aromatic heterocycles. The number of para-hydroxylation sites is 1. The highest BCUT2D eigenvalue weighted by Crippen LogP contribution is 2.29. The van der Waals surface area contributed by atoms with Gasteiger partial charge in [-0.1, -0.05) is 36.0 Å². The van der Waals surface area contributed by atoms with Gasteiger partial charge in [0.1, 0.15) is 6.10 Å². The first-order valence-electron chi connectivity index (χ1n) is 7.56. The molecule has 0 spiro atoms. The molecule has 3 rings (SSSR count). The molecule has 2 unspecified atom stereocenters. The lowest BCUT2D eigenvalue weighted by atomic mass is 10.0. The molecule has 0 amide bonds. The number of hydrogen-bond donors (Lipinski definition) is 3. The number of aliphatic hydroxyl groups is 2. The van der Waals surface area contributed by atoms with Crippen LogP contribution in [0.5, 0.6) is 0 Å². The van der Waals surface area contributed by atoms with Crippen LogP contribution in [0.2, 0.25) is 0 Å². The van der Waals surface area contributed by atoms with E-state index in [0.717, 1.165) is 33.6 Å². The molecule has 0 bridgehead atoms. The van der Waals surface area contributed by atoms with Gasteiger partial charge in [-0.3, -0.25) is 4.79 Å². The number of carbonyl (C=O) groups excluding carboxylic acids is 1. The molecule has 0 radical (unpaired) electrons. The quantitative estimate of drug-likeness (QED) is 0.671. The highest BCUT2D eigenvalue weighted by Gasteiger charge is 2.19. The van der Waals surface area contributed by atoms with Crippen LogP contribution >= 0.6 is 11.8 Å². The first kappa shape index (κ1) is 16.1. The van der Waals surface area contributed by atoms with Crippen LogP contribution in [0.25, 0.3) is 21.8 Å². The molecule has 2 atom stereocenters. The molecule has 3 aromatic rings. The second kappa shape index (κ2) is 6.74. The number of hydrogen-bond acceptors (Lipinski definition) is 4. The van der Waals surface area contributed by atoms with Gasteiger partial charge in [0.25, 0.3) is 0 Å². The van der Waals surface area contributed by atoms with Crippen molar-refractivity contribution in [3.8, 4) is 0 Å². The van der Waals surface area contributed by atoms with Crippen molar-refractivity contribution >= 4 is 38.7 Å². The average Bonchev–Trinajstić information content (AvgIpc) is 2.91. The summed E-state index contributed by atoms with van der Waals surface area (Å²) in [6, 6.07) is 13.7. The standard InChI is InChI=1S/C18H19NO3S/c1-11(20)23-9-8-17(21)18(22)12-6-7-16-14(10-12)13-4-2-3-5-15(13)19-16/h2-7,10,17-19,21-22H,8-9H2,1H3. The van der Waals surface area contributed by atoms with Gasteiger partial charge in [0.05, 0.1) is 6.10 Å². The highest BCUT2D eigenvalue weighted by atomic mass is 32.2. The van der Waals surface area contributed by atoms with Crippen LogP contribution in [0, 0.1) is 0 Å². The number of aliphatic hydroxyl groups excluding tert-OH is 2. The fourth-order valence-corrected chi connectivity index (χ4v) is 3.40. The molecule has 4 nitrogen and oxygen atoms in total. The Hall–Kier alpha value is -1.82. The number of fused-ring (bicyclic) bond motifs is 3. The first-order valence-corrected chi connectivity index (χ1v) is 8.54. The van der Waals surface area contributed by atoms with E-state index < -0.39 is 12.2 Å². The number of nitrogens with one attached hydrogen (secondary N) is 1. The lowest BCUT2D eigenvalue weighted by molar-refractivity contribution is -0.109. The fraction of sp³-hybridized carbons (Fsp3) is 0.278. The van der Waals surface area contributed by atoms with Gasteiger partial charge in [0.15, 0.2) is 5.12 Å². The zero-order chi connectivity index (χ0) is 16.4. The molecule has 2 aromatic carbocycles. The third kappa shape index (κ3) is 3.42. The Bertz CT molecular complexity index is 843. The largest absolute Gasteiger partial charge is 0.390 e. The minimum Gasteiger partial charge on any atom is -0.390 e. The van der Waals surface area contributed by atoms with Gasteiger partial charge in [-0.25, -0.2) is 0 Å². The lowest BCUT2D eigenvalue weighted by Crippen LogP contribution is -2.19. The molecule has 0 aliphatic rings. The smallest absolute Gasteiger partial charge is 0.185 e. The predicted octanol–water partition coefficient (Wildman–Crippen LogP) is 3.39. The maximum Gasteiger partial charge on any atom is 0.185 e. The topological polar surface area (TPSA) is 73.3 Å². The third-order valence-corrected chi connectivity index (χ3v) is 4.80. The van der Waals surface area contributed by atoms with E-state index in [1.165, 1.54) is 6.92 Å². The summed E-state index contributed by atoms with van der Waals surface area (Å²) in [7, 11) is 0.